The molecule has 0 bridgehead atoms. The van der Waals surface area contributed by atoms with Crippen molar-refractivity contribution >= 4 is 34.7 Å². The molecule has 3 aromatic rings. The molecule has 2 aliphatic heterocycles. The Morgan fingerprint density at radius 3 is 2.73 bits per heavy atom. The fraction of sp³-hybridized carbons (Fsp3) is 0.304. The van der Waals surface area contributed by atoms with Gasteiger partial charge in [-0.1, -0.05) is 36.7 Å². The molecule has 154 valence electrons. The molecule has 0 saturated heterocycles. The molecule has 6 nitrogen and oxygen atoms in total. The second-order valence-corrected chi connectivity index (χ2v) is 8.46. The monoisotopic (exact) mass is 421 g/mol. The van der Waals surface area contributed by atoms with Crippen LogP contribution in [0.4, 0.5) is 23.1 Å². The van der Waals surface area contributed by atoms with Gasteiger partial charge >= 0.3 is 0 Å². The summed E-state index contributed by atoms with van der Waals surface area (Å²) in [5.74, 6) is 2.41. The number of para-hydroxylation sites is 1. The Bertz CT molecular complexity index is 1120. The predicted octanol–water partition coefficient (Wildman–Crippen LogP) is 5.08. The van der Waals surface area contributed by atoms with E-state index in [0.29, 0.717) is 22.7 Å². The van der Waals surface area contributed by atoms with Crippen molar-refractivity contribution in [3.05, 3.63) is 64.3 Å². The van der Waals surface area contributed by atoms with Crippen LogP contribution >= 0.6 is 11.6 Å². The first-order valence-electron chi connectivity index (χ1n) is 10.1. The van der Waals surface area contributed by atoms with Crippen LogP contribution in [0.3, 0.4) is 0 Å². The summed E-state index contributed by atoms with van der Waals surface area (Å²) in [6.07, 6.45) is 1.66. The zero-order chi connectivity index (χ0) is 20.8. The smallest absolute Gasteiger partial charge is 0.229 e. The van der Waals surface area contributed by atoms with Gasteiger partial charge in [-0.3, -0.25) is 4.90 Å². The van der Waals surface area contributed by atoms with Gasteiger partial charge in [-0.05, 0) is 41.9 Å². The van der Waals surface area contributed by atoms with Gasteiger partial charge in [0.1, 0.15) is 10.8 Å². The molecule has 0 saturated carbocycles. The quantitative estimate of drug-likeness (QED) is 0.633. The van der Waals surface area contributed by atoms with Crippen LogP contribution in [0.15, 0.2) is 42.6 Å². The SMILES string of the molecule is COc1cc2c(cc1Nc1ncc(Cl)c(N3CC(C)c4ccccc43)n1)CN(C)C2. The van der Waals surface area contributed by atoms with Gasteiger partial charge in [0.15, 0.2) is 5.82 Å². The Hall–Kier alpha value is -2.83. The van der Waals surface area contributed by atoms with Crippen molar-refractivity contribution in [2.45, 2.75) is 25.9 Å². The second kappa shape index (κ2) is 7.45. The largest absolute Gasteiger partial charge is 0.495 e. The molecule has 0 amide bonds. The van der Waals surface area contributed by atoms with E-state index in [9.17, 15) is 0 Å². The number of nitrogens with zero attached hydrogens (tertiary/aromatic N) is 4. The van der Waals surface area contributed by atoms with Crippen molar-refractivity contribution in [2.24, 2.45) is 0 Å². The molecule has 1 aromatic heterocycles. The van der Waals surface area contributed by atoms with E-state index in [-0.39, 0.29) is 0 Å². The van der Waals surface area contributed by atoms with Crippen molar-refractivity contribution in [1.82, 2.24) is 14.9 Å². The van der Waals surface area contributed by atoms with Crippen molar-refractivity contribution in [3.8, 4) is 5.75 Å². The molecule has 0 aliphatic carbocycles. The zero-order valence-electron chi connectivity index (χ0n) is 17.3. The number of halogens is 1. The molecule has 5 rings (SSSR count). The van der Waals surface area contributed by atoms with E-state index in [1.165, 1.54) is 16.7 Å². The van der Waals surface area contributed by atoms with Crippen LogP contribution in [0.1, 0.15) is 29.5 Å². The number of aromatic nitrogens is 2. The zero-order valence-corrected chi connectivity index (χ0v) is 18.1. The van der Waals surface area contributed by atoms with Crippen molar-refractivity contribution in [1.29, 1.82) is 0 Å². The fourth-order valence-corrected chi connectivity index (χ4v) is 4.61. The summed E-state index contributed by atoms with van der Waals surface area (Å²) < 4.78 is 5.62. The highest BCUT2D eigenvalue weighted by molar-refractivity contribution is 6.33. The fourth-order valence-electron chi connectivity index (χ4n) is 4.41. The first kappa shape index (κ1) is 19.2. The number of ether oxygens (including phenoxy) is 1. The Kier molecular flexibility index (Phi) is 4.76. The van der Waals surface area contributed by atoms with Crippen LogP contribution in [0.5, 0.6) is 5.75 Å². The van der Waals surface area contributed by atoms with Gasteiger partial charge in [-0.15, -0.1) is 0 Å². The molecular weight excluding hydrogens is 398 g/mol. The average molecular weight is 422 g/mol. The standard InChI is InChI=1S/C23H24ClN5O/c1-14-11-29(20-7-5-4-6-17(14)20)22-18(24)10-25-23(27-22)26-19-8-15-12-28(2)13-16(15)9-21(19)30-3/h4-10,14H,11-13H2,1-3H3,(H,25,26,27). The van der Waals surface area contributed by atoms with E-state index >= 15 is 0 Å². The van der Waals surface area contributed by atoms with E-state index in [4.69, 9.17) is 21.3 Å². The maximum Gasteiger partial charge on any atom is 0.229 e. The molecule has 2 aromatic carbocycles. The molecule has 30 heavy (non-hydrogen) atoms. The first-order valence-corrected chi connectivity index (χ1v) is 10.5. The third-order valence-corrected chi connectivity index (χ3v) is 6.11. The first-order chi connectivity index (χ1) is 14.5. The normalized spacial score (nSPS) is 17.7. The highest BCUT2D eigenvalue weighted by Crippen LogP contribution is 2.42. The number of hydrogen-bond donors (Lipinski definition) is 1. The number of hydrogen-bond acceptors (Lipinski definition) is 6. The predicted molar refractivity (Wildman–Crippen MR) is 120 cm³/mol. The van der Waals surface area contributed by atoms with Crippen molar-refractivity contribution in [3.63, 3.8) is 0 Å². The Balaban J connectivity index is 1.49. The van der Waals surface area contributed by atoms with E-state index in [2.05, 4.69) is 64.4 Å². The van der Waals surface area contributed by atoms with Gasteiger partial charge in [-0.25, -0.2) is 4.98 Å². The number of nitrogens with one attached hydrogen (secondary N) is 1. The van der Waals surface area contributed by atoms with Crippen molar-refractivity contribution < 1.29 is 4.74 Å². The minimum atomic E-state index is 0.414. The second-order valence-electron chi connectivity index (χ2n) is 8.05. The van der Waals surface area contributed by atoms with Crippen LogP contribution < -0.4 is 15.0 Å². The van der Waals surface area contributed by atoms with Gasteiger partial charge in [0, 0.05) is 31.2 Å². The lowest BCUT2D eigenvalue weighted by atomic mass is 10.0. The lowest BCUT2D eigenvalue weighted by Crippen LogP contribution is -2.17. The molecule has 1 unspecified atom stereocenters. The number of rotatable bonds is 4. The molecule has 0 fully saturated rings. The van der Waals surface area contributed by atoms with Crippen LogP contribution in [0, 0.1) is 0 Å². The molecule has 1 atom stereocenters. The third kappa shape index (κ3) is 3.26. The number of benzene rings is 2. The number of fused-ring (bicyclic) bond motifs is 2. The maximum atomic E-state index is 6.52. The van der Waals surface area contributed by atoms with E-state index in [1.54, 1.807) is 13.3 Å². The molecular formula is C23H24ClN5O. The molecule has 1 N–H and O–H groups in total. The van der Waals surface area contributed by atoms with Gasteiger partial charge in [0.25, 0.3) is 0 Å². The van der Waals surface area contributed by atoms with Gasteiger partial charge in [-0.2, -0.15) is 4.98 Å². The third-order valence-electron chi connectivity index (χ3n) is 5.84. The molecule has 0 radical (unpaired) electrons. The summed E-state index contributed by atoms with van der Waals surface area (Å²) in [5.41, 5.74) is 5.90. The average Bonchev–Trinajstić information content (AvgIpc) is 3.27. The van der Waals surface area contributed by atoms with Crippen molar-refractivity contribution in [2.75, 3.05) is 30.9 Å². The molecule has 7 heteroatoms. The summed E-state index contributed by atoms with van der Waals surface area (Å²) in [5, 5.41) is 3.88. The molecule has 3 heterocycles. The van der Waals surface area contributed by atoms with Gasteiger partial charge < -0.3 is 15.0 Å². The summed E-state index contributed by atoms with van der Waals surface area (Å²) in [7, 11) is 3.80. The van der Waals surface area contributed by atoms with Crippen LogP contribution in [-0.4, -0.2) is 35.6 Å². The van der Waals surface area contributed by atoms with E-state index in [1.807, 2.05) is 6.07 Å². The minimum absolute atomic E-state index is 0.414. The summed E-state index contributed by atoms with van der Waals surface area (Å²) in [4.78, 5) is 13.6. The molecule has 2 aliphatic rings. The van der Waals surface area contributed by atoms with Gasteiger partial charge in [0.2, 0.25) is 5.95 Å². The Labute approximate surface area is 181 Å². The summed E-state index contributed by atoms with van der Waals surface area (Å²) in [6.45, 7) is 4.91. The number of methoxy groups -OCH3 is 1. The maximum absolute atomic E-state index is 6.52. The highest BCUT2D eigenvalue weighted by Gasteiger charge is 2.28. The van der Waals surface area contributed by atoms with Crippen LogP contribution in [0.25, 0.3) is 0 Å². The summed E-state index contributed by atoms with van der Waals surface area (Å²) >= 11 is 6.52. The highest BCUT2D eigenvalue weighted by atomic mass is 35.5. The van der Waals surface area contributed by atoms with Crippen LogP contribution in [-0.2, 0) is 13.1 Å². The lowest BCUT2D eigenvalue weighted by molar-refractivity contribution is 0.353. The number of anilines is 4. The Morgan fingerprint density at radius 1 is 1.17 bits per heavy atom. The molecule has 0 spiro atoms. The topological polar surface area (TPSA) is 53.5 Å². The minimum Gasteiger partial charge on any atom is -0.495 e. The van der Waals surface area contributed by atoms with E-state index in [0.717, 1.165) is 36.8 Å². The van der Waals surface area contributed by atoms with Gasteiger partial charge in [0.05, 0.1) is 19.0 Å². The summed E-state index contributed by atoms with van der Waals surface area (Å²) in [6, 6.07) is 12.6. The van der Waals surface area contributed by atoms with E-state index < -0.39 is 0 Å². The Morgan fingerprint density at radius 2 is 1.93 bits per heavy atom. The van der Waals surface area contributed by atoms with Crippen LogP contribution in [0.2, 0.25) is 5.02 Å². The lowest BCUT2D eigenvalue weighted by Gasteiger charge is -2.20.